The van der Waals surface area contributed by atoms with Gasteiger partial charge in [0, 0.05) is 0 Å². The van der Waals surface area contributed by atoms with Crippen LogP contribution in [0.25, 0.3) is 10.1 Å². The number of rotatable bonds is 2. The third kappa shape index (κ3) is 1.19. The molecule has 3 nitrogen and oxygen atoms in total. The minimum atomic E-state index is 0.607. The average molecular weight is 209 g/mol. The van der Waals surface area contributed by atoms with E-state index in [2.05, 4.69) is 0 Å². The quantitative estimate of drug-likeness (QED) is 0.773. The fourth-order valence-corrected chi connectivity index (χ4v) is 2.38. The highest BCUT2D eigenvalue weighted by Gasteiger charge is 2.13. The predicted molar refractivity (Wildman–Crippen MR) is 59.3 cm³/mol. The van der Waals surface area contributed by atoms with Crippen LogP contribution in [0.15, 0.2) is 17.5 Å². The highest BCUT2D eigenvalue weighted by molar-refractivity contribution is 7.17. The summed E-state index contributed by atoms with van der Waals surface area (Å²) in [6, 6.07) is 3.91. The van der Waals surface area contributed by atoms with Gasteiger partial charge < -0.3 is 15.2 Å². The van der Waals surface area contributed by atoms with Crippen molar-refractivity contribution in [3.63, 3.8) is 0 Å². The third-order valence-corrected chi connectivity index (χ3v) is 3.02. The van der Waals surface area contributed by atoms with Crippen LogP contribution in [0.1, 0.15) is 0 Å². The first-order valence-electron chi connectivity index (χ1n) is 4.15. The van der Waals surface area contributed by atoms with Gasteiger partial charge in [0.15, 0.2) is 11.5 Å². The summed E-state index contributed by atoms with van der Waals surface area (Å²) in [5.74, 6) is 1.33. The van der Waals surface area contributed by atoms with Gasteiger partial charge in [-0.2, -0.15) is 0 Å². The molecule has 0 bridgehead atoms. The zero-order chi connectivity index (χ0) is 10.1. The van der Waals surface area contributed by atoms with E-state index in [1.54, 1.807) is 25.6 Å². The lowest BCUT2D eigenvalue weighted by atomic mass is 10.2. The van der Waals surface area contributed by atoms with Crippen molar-refractivity contribution in [2.24, 2.45) is 0 Å². The number of thiophene rings is 1. The van der Waals surface area contributed by atoms with E-state index >= 15 is 0 Å². The van der Waals surface area contributed by atoms with E-state index < -0.39 is 0 Å². The van der Waals surface area contributed by atoms with Gasteiger partial charge in [-0.1, -0.05) is 0 Å². The number of nitrogens with two attached hydrogens (primary N) is 1. The lowest BCUT2D eigenvalue weighted by Gasteiger charge is -2.10. The zero-order valence-corrected chi connectivity index (χ0v) is 8.85. The first-order chi connectivity index (χ1) is 6.77. The Morgan fingerprint density at radius 2 is 1.93 bits per heavy atom. The number of methoxy groups -OCH3 is 2. The lowest BCUT2D eigenvalue weighted by molar-refractivity contribution is 0.360. The maximum Gasteiger partial charge on any atom is 0.185 e. The molecular formula is C10H11NO2S. The summed E-state index contributed by atoms with van der Waals surface area (Å²) >= 11 is 1.62. The second-order valence-corrected chi connectivity index (χ2v) is 3.79. The molecule has 0 amide bonds. The Kier molecular flexibility index (Phi) is 2.21. The molecule has 2 N–H and O–H groups in total. The molecule has 0 saturated carbocycles. The Bertz CT molecular complexity index is 464. The van der Waals surface area contributed by atoms with E-state index in [9.17, 15) is 0 Å². The molecule has 0 atom stereocenters. The van der Waals surface area contributed by atoms with Gasteiger partial charge >= 0.3 is 0 Å². The molecule has 2 aromatic rings. The Balaban J connectivity index is 2.82. The van der Waals surface area contributed by atoms with Gasteiger partial charge in [0.05, 0.1) is 24.6 Å². The van der Waals surface area contributed by atoms with Crippen molar-refractivity contribution in [1.29, 1.82) is 0 Å². The van der Waals surface area contributed by atoms with Gasteiger partial charge in [0.2, 0.25) is 0 Å². The number of ether oxygens (including phenoxy) is 2. The van der Waals surface area contributed by atoms with Crippen LogP contribution in [0.3, 0.4) is 0 Å². The van der Waals surface area contributed by atoms with Gasteiger partial charge in [0.25, 0.3) is 0 Å². The van der Waals surface area contributed by atoms with E-state index in [0.29, 0.717) is 11.4 Å². The number of hydrogen-bond acceptors (Lipinski definition) is 4. The van der Waals surface area contributed by atoms with E-state index in [-0.39, 0.29) is 0 Å². The van der Waals surface area contributed by atoms with Crippen molar-refractivity contribution in [3.05, 3.63) is 17.5 Å². The van der Waals surface area contributed by atoms with Crippen LogP contribution in [-0.4, -0.2) is 14.2 Å². The fourth-order valence-electron chi connectivity index (χ4n) is 1.48. The largest absolute Gasteiger partial charge is 0.491 e. The van der Waals surface area contributed by atoms with Crippen LogP contribution in [0.2, 0.25) is 0 Å². The van der Waals surface area contributed by atoms with Gasteiger partial charge in [-0.05, 0) is 22.9 Å². The Labute approximate surface area is 86.1 Å². The van der Waals surface area contributed by atoms with Crippen LogP contribution in [0.5, 0.6) is 11.5 Å². The summed E-state index contributed by atoms with van der Waals surface area (Å²) in [4.78, 5) is 0. The molecule has 0 spiro atoms. The van der Waals surface area contributed by atoms with Gasteiger partial charge in [-0.25, -0.2) is 0 Å². The highest BCUT2D eigenvalue weighted by atomic mass is 32.1. The summed E-state index contributed by atoms with van der Waals surface area (Å²) in [5, 5.41) is 3.09. The van der Waals surface area contributed by atoms with Crippen molar-refractivity contribution >= 4 is 27.1 Å². The second kappa shape index (κ2) is 3.38. The molecule has 0 aliphatic heterocycles. The van der Waals surface area contributed by atoms with Gasteiger partial charge in [0.1, 0.15) is 0 Å². The van der Waals surface area contributed by atoms with Crippen LogP contribution >= 0.6 is 11.3 Å². The number of fused-ring (bicyclic) bond motifs is 1. The van der Waals surface area contributed by atoms with Crippen molar-refractivity contribution in [3.8, 4) is 11.5 Å². The normalized spacial score (nSPS) is 10.4. The highest BCUT2D eigenvalue weighted by Crippen LogP contribution is 2.42. The summed E-state index contributed by atoms with van der Waals surface area (Å²) in [6.45, 7) is 0. The third-order valence-electron chi connectivity index (χ3n) is 2.09. The zero-order valence-electron chi connectivity index (χ0n) is 8.03. The van der Waals surface area contributed by atoms with Crippen LogP contribution in [-0.2, 0) is 0 Å². The number of benzene rings is 1. The molecule has 2 rings (SSSR count). The summed E-state index contributed by atoms with van der Waals surface area (Å²) in [6.07, 6.45) is 0. The van der Waals surface area contributed by atoms with Crippen LogP contribution in [0, 0.1) is 0 Å². The SMILES string of the molecule is COc1c(N)cc2ccsc2c1OC. The Morgan fingerprint density at radius 3 is 2.57 bits per heavy atom. The standard InChI is InChI=1S/C10H11NO2S/c1-12-8-7(11)5-6-3-4-14-10(6)9(8)13-2/h3-5H,11H2,1-2H3. The van der Waals surface area contributed by atoms with Crippen molar-refractivity contribution in [1.82, 2.24) is 0 Å². The molecule has 14 heavy (non-hydrogen) atoms. The molecule has 0 unspecified atom stereocenters. The van der Waals surface area contributed by atoms with E-state index in [1.807, 2.05) is 17.5 Å². The smallest absolute Gasteiger partial charge is 0.185 e. The van der Waals surface area contributed by atoms with Crippen LogP contribution in [0.4, 0.5) is 5.69 Å². The molecule has 4 heteroatoms. The molecule has 0 aliphatic rings. The minimum Gasteiger partial charge on any atom is -0.491 e. The van der Waals surface area contributed by atoms with Crippen molar-refractivity contribution in [2.45, 2.75) is 0 Å². The molecule has 74 valence electrons. The van der Waals surface area contributed by atoms with Crippen molar-refractivity contribution in [2.75, 3.05) is 20.0 Å². The molecule has 1 aromatic carbocycles. The number of nitrogen functional groups attached to an aromatic ring is 1. The first-order valence-corrected chi connectivity index (χ1v) is 5.03. The summed E-state index contributed by atoms with van der Waals surface area (Å²) in [7, 11) is 3.21. The molecule has 1 aromatic heterocycles. The number of hydrogen-bond donors (Lipinski definition) is 1. The maximum atomic E-state index is 5.83. The summed E-state index contributed by atoms with van der Waals surface area (Å²) < 4.78 is 11.6. The fraction of sp³-hybridized carbons (Fsp3) is 0.200. The Hall–Kier alpha value is -1.42. The molecule has 0 aliphatic carbocycles. The Morgan fingerprint density at radius 1 is 1.21 bits per heavy atom. The van der Waals surface area contributed by atoms with Gasteiger partial charge in [-0.3, -0.25) is 0 Å². The molecule has 0 saturated heterocycles. The second-order valence-electron chi connectivity index (χ2n) is 2.87. The molecular weight excluding hydrogens is 198 g/mol. The summed E-state index contributed by atoms with van der Waals surface area (Å²) in [5.41, 5.74) is 6.44. The van der Waals surface area contributed by atoms with E-state index in [0.717, 1.165) is 15.8 Å². The predicted octanol–water partition coefficient (Wildman–Crippen LogP) is 2.50. The average Bonchev–Trinajstić information content (AvgIpc) is 2.62. The lowest BCUT2D eigenvalue weighted by Crippen LogP contribution is -1.95. The molecule has 0 fully saturated rings. The van der Waals surface area contributed by atoms with E-state index in [4.69, 9.17) is 15.2 Å². The van der Waals surface area contributed by atoms with Crippen molar-refractivity contribution < 1.29 is 9.47 Å². The van der Waals surface area contributed by atoms with E-state index in [1.165, 1.54) is 0 Å². The number of anilines is 1. The monoisotopic (exact) mass is 209 g/mol. The molecule has 0 radical (unpaired) electrons. The topological polar surface area (TPSA) is 44.5 Å². The molecule has 1 heterocycles. The minimum absolute atomic E-state index is 0.607. The maximum absolute atomic E-state index is 5.83. The van der Waals surface area contributed by atoms with Crippen LogP contribution < -0.4 is 15.2 Å². The first kappa shape index (κ1) is 9.15. The van der Waals surface area contributed by atoms with Gasteiger partial charge in [-0.15, -0.1) is 11.3 Å².